The van der Waals surface area contributed by atoms with Gasteiger partial charge >= 0.3 is 0 Å². The Balaban J connectivity index is 1.98. The Morgan fingerprint density at radius 2 is 0.750 bits per heavy atom. The summed E-state index contributed by atoms with van der Waals surface area (Å²) in [7, 11) is 0. The third kappa shape index (κ3) is 2.53. The molecule has 0 atom stereocenters. The highest BCUT2D eigenvalue weighted by Crippen LogP contribution is 2.29. The molecular weight excluding hydrogens is 442 g/mol. The van der Waals surface area contributed by atoms with E-state index in [4.69, 9.17) is 46.4 Å². The fraction of sp³-hybridized carbons (Fsp3) is 0. The minimum atomic E-state index is -0.209. The van der Waals surface area contributed by atoms with Crippen LogP contribution in [0.25, 0.3) is 43.6 Å². The van der Waals surface area contributed by atoms with Crippen molar-refractivity contribution in [2.75, 3.05) is 0 Å². The van der Waals surface area contributed by atoms with Gasteiger partial charge in [-0.3, -0.25) is 9.59 Å². The number of aromatic amines is 2. The van der Waals surface area contributed by atoms with Crippen molar-refractivity contribution < 1.29 is 0 Å². The summed E-state index contributed by atoms with van der Waals surface area (Å²) in [5.41, 5.74) is 1.71. The van der Waals surface area contributed by atoms with Crippen LogP contribution in [0.3, 0.4) is 0 Å². The predicted octanol–water partition coefficient (Wildman–Crippen LogP) is 6.29. The predicted molar refractivity (Wildman–Crippen MR) is 118 cm³/mol. The van der Waals surface area contributed by atoms with Gasteiger partial charge in [0.05, 0.1) is 42.2 Å². The number of hydrogen-bond donors (Lipinski definition) is 2. The van der Waals surface area contributed by atoms with Gasteiger partial charge in [-0.2, -0.15) is 0 Å². The molecule has 0 bridgehead atoms. The zero-order valence-corrected chi connectivity index (χ0v) is 16.8. The number of halogens is 4. The maximum absolute atomic E-state index is 13.0. The third-order valence-corrected chi connectivity index (χ3v) is 6.24. The van der Waals surface area contributed by atoms with E-state index in [2.05, 4.69) is 9.97 Å². The fourth-order valence-corrected chi connectivity index (χ4v) is 4.09. The molecule has 5 rings (SSSR count). The second kappa shape index (κ2) is 6.13. The second-order valence-electron chi connectivity index (χ2n) is 6.48. The van der Waals surface area contributed by atoms with Crippen LogP contribution in [-0.4, -0.2) is 9.97 Å². The molecule has 0 radical (unpaired) electrons. The zero-order valence-electron chi connectivity index (χ0n) is 13.8. The molecule has 2 N–H and O–H groups in total. The monoisotopic (exact) mass is 448 g/mol. The number of rotatable bonds is 0. The van der Waals surface area contributed by atoms with Crippen molar-refractivity contribution >= 4 is 90.0 Å². The Morgan fingerprint density at radius 1 is 0.464 bits per heavy atom. The van der Waals surface area contributed by atoms with Crippen LogP contribution < -0.4 is 10.9 Å². The molecule has 2 heterocycles. The summed E-state index contributed by atoms with van der Waals surface area (Å²) in [6.45, 7) is 0. The van der Waals surface area contributed by atoms with Gasteiger partial charge < -0.3 is 9.97 Å². The van der Waals surface area contributed by atoms with Gasteiger partial charge in [0.25, 0.3) is 0 Å². The summed E-state index contributed by atoms with van der Waals surface area (Å²) >= 11 is 24.3. The summed E-state index contributed by atoms with van der Waals surface area (Å²) in [5, 5.41) is 2.94. The Labute approximate surface area is 176 Å². The lowest BCUT2D eigenvalue weighted by atomic mass is 10.1. The number of fused-ring (bicyclic) bond motifs is 4. The summed E-state index contributed by atoms with van der Waals surface area (Å²) < 4.78 is 0. The van der Waals surface area contributed by atoms with Gasteiger partial charge in [-0.15, -0.1) is 0 Å². The molecule has 0 aliphatic carbocycles. The van der Waals surface area contributed by atoms with Crippen LogP contribution >= 0.6 is 46.4 Å². The van der Waals surface area contributed by atoms with Crippen molar-refractivity contribution in [3.05, 3.63) is 76.9 Å². The SMILES string of the molecule is O=c1c2cc(Cl)c(Cl)cc2[nH]c2cc3c(=O)c4cc(Cl)c(Cl)cc4[nH]c3cc12. The maximum Gasteiger partial charge on any atom is 0.197 e. The summed E-state index contributed by atoms with van der Waals surface area (Å²) in [6.07, 6.45) is 0. The van der Waals surface area contributed by atoms with Crippen LogP contribution in [0.1, 0.15) is 0 Å². The molecule has 138 valence electrons. The average molecular weight is 450 g/mol. The highest BCUT2D eigenvalue weighted by atomic mass is 35.5. The first-order chi connectivity index (χ1) is 13.3. The normalized spacial score (nSPS) is 11.9. The smallest absolute Gasteiger partial charge is 0.197 e. The minimum Gasteiger partial charge on any atom is -0.354 e. The van der Waals surface area contributed by atoms with Crippen molar-refractivity contribution in [1.29, 1.82) is 0 Å². The molecule has 4 nitrogen and oxygen atoms in total. The highest BCUT2D eigenvalue weighted by molar-refractivity contribution is 6.43. The van der Waals surface area contributed by atoms with Crippen LogP contribution in [-0.2, 0) is 0 Å². The molecule has 28 heavy (non-hydrogen) atoms. The van der Waals surface area contributed by atoms with E-state index in [1.54, 1.807) is 24.3 Å². The molecule has 0 aliphatic rings. The Kier molecular flexibility index (Phi) is 3.90. The number of hydrogen-bond acceptors (Lipinski definition) is 2. The number of aromatic nitrogens is 2. The first kappa shape index (κ1) is 17.8. The van der Waals surface area contributed by atoms with Crippen molar-refractivity contribution in [2.45, 2.75) is 0 Å². The fourth-order valence-electron chi connectivity index (χ4n) is 3.44. The molecule has 0 amide bonds. The van der Waals surface area contributed by atoms with E-state index in [0.29, 0.717) is 63.7 Å². The number of benzene rings is 3. The zero-order chi connectivity index (χ0) is 19.7. The van der Waals surface area contributed by atoms with E-state index < -0.39 is 0 Å². The maximum atomic E-state index is 13.0. The third-order valence-electron chi connectivity index (χ3n) is 4.80. The van der Waals surface area contributed by atoms with Gasteiger partial charge in [-0.25, -0.2) is 0 Å². The van der Waals surface area contributed by atoms with Gasteiger partial charge in [0.15, 0.2) is 10.9 Å². The molecular formula is C20H8Cl4N2O2. The quantitative estimate of drug-likeness (QED) is 0.273. The van der Waals surface area contributed by atoms with Crippen LogP contribution in [0.5, 0.6) is 0 Å². The molecule has 0 spiro atoms. The largest absolute Gasteiger partial charge is 0.354 e. The lowest BCUT2D eigenvalue weighted by Crippen LogP contribution is -2.08. The summed E-state index contributed by atoms with van der Waals surface area (Å²) in [5.74, 6) is 0. The first-order valence-corrected chi connectivity index (χ1v) is 9.64. The Morgan fingerprint density at radius 3 is 1.14 bits per heavy atom. The number of pyridine rings is 2. The lowest BCUT2D eigenvalue weighted by molar-refractivity contribution is 1.46. The molecule has 0 fully saturated rings. The second-order valence-corrected chi connectivity index (χ2v) is 8.10. The molecule has 0 saturated carbocycles. The first-order valence-electron chi connectivity index (χ1n) is 8.13. The van der Waals surface area contributed by atoms with E-state index >= 15 is 0 Å². The van der Waals surface area contributed by atoms with E-state index in [1.807, 2.05) is 0 Å². The van der Waals surface area contributed by atoms with Crippen molar-refractivity contribution in [2.24, 2.45) is 0 Å². The van der Waals surface area contributed by atoms with Gasteiger partial charge in [0.2, 0.25) is 0 Å². The van der Waals surface area contributed by atoms with Gasteiger partial charge in [0.1, 0.15) is 0 Å². The van der Waals surface area contributed by atoms with Crippen molar-refractivity contribution in [3.8, 4) is 0 Å². The van der Waals surface area contributed by atoms with Crippen LogP contribution in [0.15, 0.2) is 46.0 Å². The van der Waals surface area contributed by atoms with E-state index in [9.17, 15) is 9.59 Å². The van der Waals surface area contributed by atoms with Crippen LogP contribution in [0.4, 0.5) is 0 Å². The summed E-state index contributed by atoms with van der Waals surface area (Å²) in [4.78, 5) is 32.3. The Hall–Kier alpha value is -2.24. The molecule has 8 heteroatoms. The van der Waals surface area contributed by atoms with Crippen LogP contribution in [0.2, 0.25) is 20.1 Å². The van der Waals surface area contributed by atoms with Gasteiger partial charge in [-0.05, 0) is 36.4 Å². The van der Waals surface area contributed by atoms with E-state index in [-0.39, 0.29) is 10.9 Å². The standard InChI is InChI=1S/C20H8Cl4N2O2/c21-11-1-7-17(5-13(11)23)25-15-4-10-16(3-9(15)19(7)27)26-18-6-14(24)12(22)2-8(18)20(10)28/h1-6H,(H,25,27)(H,26,28). The number of nitrogens with one attached hydrogen (secondary N) is 2. The van der Waals surface area contributed by atoms with E-state index in [1.165, 1.54) is 12.1 Å². The lowest BCUT2D eigenvalue weighted by Gasteiger charge is -2.08. The molecule has 0 saturated heterocycles. The molecule has 5 aromatic rings. The van der Waals surface area contributed by atoms with Gasteiger partial charge in [-0.1, -0.05) is 46.4 Å². The Bertz CT molecular complexity index is 1480. The minimum absolute atomic E-state index is 0.209. The molecule has 0 unspecified atom stereocenters. The van der Waals surface area contributed by atoms with Crippen LogP contribution in [0, 0.1) is 0 Å². The highest BCUT2D eigenvalue weighted by Gasteiger charge is 2.13. The number of H-pyrrole nitrogens is 2. The average Bonchev–Trinajstić information content (AvgIpc) is 2.65. The topological polar surface area (TPSA) is 65.7 Å². The summed E-state index contributed by atoms with van der Waals surface area (Å²) in [6, 6.07) is 9.55. The van der Waals surface area contributed by atoms with Crippen molar-refractivity contribution in [1.82, 2.24) is 9.97 Å². The van der Waals surface area contributed by atoms with Gasteiger partial charge in [0, 0.05) is 21.5 Å². The van der Waals surface area contributed by atoms with Crippen molar-refractivity contribution in [3.63, 3.8) is 0 Å². The molecule has 0 aliphatic heterocycles. The molecule has 2 aromatic heterocycles. The van der Waals surface area contributed by atoms with E-state index in [0.717, 1.165) is 0 Å². The molecule has 3 aromatic carbocycles.